The van der Waals surface area contributed by atoms with E-state index in [1.165, 1.54) is 12.8 Å². The van der Waals surface area contributed by atoms with Crippen LogP contribution < -0.4 is 5.32 Å². The van der Waals surface area contributed by atoms with E-state index in [1.54, 1.807) is 0 Å². The Bertz CT molecular complexity index is 187. The van der Waals surface area contributed by atoms with Crippen LogP contribution >= 0.6 is 0 Å². The van der Waals surface area contributed by atoms with E-state index in [4.69, 9.17) is 5.11 Å². The zero-order valence-electron chi connectivity index (χ0n) is 10.5. The first-order valence-electron chi connectivity index (χ1n) is 6.69. The first-order valence-corrected chi connectivity index (χ1v) is 6.69. The van der Waals surface area contributed by atoms with Crippen molar-refractivity contribution in [3.05, 3.63) is 0 Å². The number of aliphatic hydroxyl groups excluding tert-OH is 2. The van der Waals surface area contributed by atoms with Crippen LogP contribution in [0, 0.1) is 5.92 Å². The predicted octanol–water partition coefficient (Wildman–Crippen LogP) is 1.68. The smallest absolute Gasteiger partial charge is 0.0613 e. The van der Waals surface area contributed by atoms with Crippen LogP contribution in [0.25, 0.3) is 0 Å². The van der Waals surface area contributed by atoms with Gasteiger partial charge in [-0.3, -0.25) is 0 Å². The molecule has 0 heterocycles. The summed E-state index contributed by atoms with van der Waals surface area (Å²) in [5.41, 5.74) is -0.0170. The molecule has 0 amide bonds. The average molecular weight is 229 g/mol. The molecule has 0 radical (unpaired) electrons. The summed E-state index contributed by atoms with van der Waals surface area (Å²) in [4.78, 5) is 0. The van der Waals surface area contributed by atoms with Gasteiger partial charge < -0.3 is 15.5 Å². The molecule has 0 aromatic heterocycles. The highest BCUT2D eigenvalue weighted by Crippen LogP contribution is 2.31. The second kappa shape index (κ2) is 7.25. The van der Waals surface area contributed by atoms with E-state index in [0.29, 0.717) is 6.61 Å². The van der Waals surface area contributed by atoms with E-state index in [1.807, 2.05) is 0 Å². The molecular formula is C13H27NO2. The molecule has 1 aliphatic rings. The Labute approximate surface area is 99.3 Å². The van der Waals surface area contributed by atoms with Crippen LogP contribution in [0.15, 0.2) is 0 Å². The topological polar surface area (TPSA) is 52.5 Å². The Kier molecular flexibility index (Phi) is 6.32. The molecule has 1 aliphatic carbocycles. The largest absolute Gasteiger partial charge is 0.396 e. The van der Waals surface area contributed by atoms with Gasteiger partial charge in [-0.15, -0.1) is 0 Å². The van der Waals surface area contributed by atoms with E-state index in [-0.39, 0.29) is 12.1 Å². The number of hydrogen-bond acceptors (Lipinski definition) is 3. The SMILES string of the molecule is CC1CCCC(CO)(NCCCCCO)C1. The van der Waals surface area contributed by atoms with Crippen LogP contribution in [0.3, 0.4) is 0 Å². The highest BCUT2D eigenvalue weighted by molar-refractivity contribution is 4.92. The van der Waals surface area contributed by atoms with Crippen LogP contribution in [0.2, 0.25) is 0 Å². The molecule has 3 N–H and O–H groups in total. The molecule has 3 heteroatoms. The summed E-state index contributed by atoms with van der Waals surface area (Å²) in [6.07, 6.45) is 7.79. The predicted molar refractivity (Wildman–Crippen MR) is 66.4 cm³/mol. The van der Waals surface area contributed by atoms with E-state index in [2.05, 4.69) is 12.2 Å². The maximum absolute atomic E-state index is 9.56. The van der Waals surface area contributed by atoms with Crippen molar-refractivity contribution in [1.29, 1.82) is 0 Å². The Balaban J connectivity index is 2.24. The molecule has 0 aromatic rings. The van der Waals surface area contributed by atoms with Gasteiger partial charge in [-0.25, -0.2) is 0 Å². The Morgan fingerprint density at radius 2 is 2.06 bits per heavy atom. The van der Waals surface area contributed by atoms with Gasteiger partial charge in [0.05, 0.1) is 6.61 Å². The van der Waals surface area contributed by atoms with Gasteiger partial charge in [0.25, 0.3) is 0 Å². The van der Waals surface area contributed by atoms with Gasteiger partial charge in [-0.1, -0.05) is 19.8 Å². The standard InChI is InChI=1S/C13H27NO2/c1-12-6-5-7-13(10-12,11-16)14-8-3-2-4-9-15/h12,14-16H,2-11H2,1H3. The second-order valence-electron chi connectivity index (χ2n) is 5.35. The number of nitrogens with one attached hydrogen (secondary N) is 1. The summed E-state index contributed by atoms with van der Waals surface area (Å²) >= 11 is 0. The molecule has 3 nitrogen and oxygen atoms in total. The lowest BCUT2D eigenvalue weighted by Crippen LogP contribution is -2.51. The summed E-state index contributed by atoms with van der Waals surface area (Å²) in [5, 5.41) is 21.8. The molecule has 16 heavy (non-hydrogen) atoms. The van der Waals surface area contributed by atoms with Gasteiger partial charge in [0.2, 0.25) is 0 Å². The third-order valence-electron chi connectivity index (χ3n) is 3.73. The lowest BCUT2D eigenvalue weighted by Gasteiger charge is -2.39. The van der Waals surface area contributed by atoms with E-state index >= 15 is 0 Å². The number of unbranched alkanes of at least 4 members (excludes halogenated alkanes) is 2. The fraction of sp³-hybridized carbons (Fsp3) is 1.00. The highest BCUT2D eigenvalue weighted by atomic mass is 16.3. The monoisotopic (exact) mass is 229 g/mol. The molecule has 1 saturated carbocycles. The molecule has 0 bridgehead atoms. The zero-order valence-corrected chi connectivity index (χ0v) is 10.5. The summed E-state index contributed by atoms with van der Waals surface area (Å²) < 4.78 is 0. The lowest BCUT2D eigenvalue weighted by atomic mass is 9.77. The second-order valence-corrected chi connectivity index (χ2v) is 5.35. The first kappa shape index (κ1) is 13.9. The lowest BCUT2D eigenvalue weighted by molar-refractivity contribution is 0.0994. The highest BCUT2D eigenvalue weighted by Gasteiger charge is 2.33. The van der Waals surface area contributed by atoms with Crippen molar-refractivity contribution >= 4 is 0 Å². The minimum Gasteiger partial charge on any atom is -0.396 e. The normalized spacial score (nSPS) is 30.6. The third-order valence-corrected chi connectivity index (χ3v) is 3.73. The molecule has 0 aliphatic heterocycles. The molecule has 2 atom stereocenters. The van der Waals surface area contributed by atoms with Crippen LogP contribution in [0.5, 0.6) is 0 Å². The van der Waals surface area contributed by atoms with Crippen LogP contribution in [0.4, 0.5) is 0 Å². The van der Waals surface area contributed by atoms with Crippen LogP contribution in [-0.4, -0.2) is 35.5 Å². The van der Waals surface area contributed by atoms with Gasteiger partial charge in [-0.2, -0.15) is 0 Å². The number of rotatable bonds is 7. The molecule has 96 valence electrons. The molecule has 0 saturated heterocycles. The van der Waals surface area contributed by atoms with Crippen LogP contribution in [0.1, 0.15) is 51.9 Å². The summed E-state index contributed by atoms with van der Waals surface area (Å²) in [6, 6.07) is 0. The van der Waals surface area contributed by atoms with Gasteiger partial charge in [-0.05, 0) is 44.6 Å². The van der Waals surface area contributed by atoms with Gasteiger partial charge in [0, 0.05) is 12.1 Å². The van der Waals surface area contributed by atoms with E-state index in [0.717, 1.165) is 44.6 Å². The van der Waals surface area contributed by atoms with Gasteiger partial charge >= 0.3 is 0 Å². The van der Waals surface area contributed by atoms with E-state index in [9.17, 15) is 5.11 Å². The number of hydrogen-bond donors (Lipinski definition) is 3. The van der Waals surface area contributed by atoms with Crippen molar-refractivity contribution in [1.82, 2.24) is 5.32 Å². The third kappa shape index (κ3) is 4.40. The number of aliphatic hydroxyl groups is 2. The molecule has 0 aromatic carbocycles. The molecule has 2 unspecified atom stereocenters. The molecular weight excluding hydrogens is 202 g/mol. The fourth-order valence-electron chi connectivity index (χ4n) is 2.79. The van der Waals surface area contributed by atoms with E-state index < -0.39 is 0 Å². The summed E-state index contributed by atoms with van der Waals surface area (Å²) in [5.74, 6) is 0.728. The quantitative estimate of drug-likeness (QED) is 0.582. The van der Waals surface area contributed by atoms with Crippen molar-refractivity contribution in [2.75, 3.05) is 19.8 Å². The maximum atomic E-state index is 9.56. The van der Waals surface area contributed by atoms with Gasteiger partial charge in [0.15, 0.2) is 0 Å². The molecule has 0 spiro atoms. The minimum atomic E-state index is -0.0170. The maximum Gasteiger partial charge on any atom is 0.0613 e. The molecule has 1 rings (SSSR count). The Morgan fingerprint density at radius 1 is 1.25 bits per heavy atom. The van der Waals surface area contributed by atoms with Crippen molar-refractivity contribution in [3.63, 3.8) is 0 Å². The average Bonchev–Trinajstić information content (AvgIpc) is 2.29. The molecule has 1 fully saturated rings. The first-order chi connectivity index (χ1) is 7.72. The van der Waals surface area contributed by atoms with Crippen molar-refractivity contribution < 1.29 is 10.2 Å². The fourth-order valence-corrected chi connectivity index (χ4v) is 2.79. The van der Waals surface area contributed by atoms with Crippen LogP contribution in [-0.2, 0) is 0 Å². The summed E-state index contributed by atoms with van der Waals surface area (Å²) in [6.45, 7) is 3.80. The van der Waals surface area contributed by atoms with Crippen molar-refractivity contribution in [2.24, 2.45) is 5.92 Å². The minimum absolute atomic E-state index is 0.0170. The Morgan fingerprint density at radius 3 is 2.69 bits per heavy atom. The zero-order chi connectivity index (χ0) is 11.9. The van der Waals surface area contributed by atoms with Crippen molar-refractivity contribution in [3.8, 4) is 0 Å². The van der Waals surface area contributed by atoms with Gasteiger partial charge in [0.1, 0.15) is 0 Å². The van der Waals surface area contributed by atoms with Crippen molar-refractivity contribution in [2.45, 2.75) is 57.4 Å². The Hall–Kier alpha value is -0.120. The summed E-state index contributed by atoms with van der Waals surface area (Å²) in [7, 11) is 0.